The van der Waals surface area contributed by atoms with Crippen molar-refractivity contribution in [3.05, 3.63) is 48.3 Å². The molecule has 0 aliphatic rings. The predicted octanol–water partition coefficient (Wildman–Crippen LogP) is 2.66. The number of hydrogen-bond donors (Lipinski definition) is 1. The van der Waals surface area contributed by atoms with Crippen molar-refractivity contribution in [2.24, 2.45) is 0 Å². The van der Waals surface area contributed by atoms with Crippen LogP contribution in [0.2, 0.25) is 0 Å². The molecule has 2 heterocycles. The van der Waals surface area contributed by atoms with Gasteiger partial charge in [0.15, 0.2) is 0 Å². The fourth-order valence-electron chi connectivity index (χ4n) is 1.57. The third kappa shape index (κ3) is 2.93. The molecule has 1 N–H and O–H groups in total. The van der Waals surface area contributed by atoms with Crippen LogP contribution in [0.5, 0.6) is 5.88 Å². The maximum atomic E-state index is 5.08. The average molecular weight is 229 g/mol. The minimum absolute atomic E-state index is 0.178. The number of ether oxygens (including phenoxy) is 1. The van der Waals surface area contributed by atoms with Gasteiger partial charge in [0.1, 0.15) is 5.82 Å². The maximum absolute atomic E-state index is 5.08. The van der Waals surface area contributed by atoms with E-state index in [0.717, 1.165) is 5.82 Å². The van der Waals surface area contributed by atoms with Gasteiger partial charge in [0.2, 0.25) is 5.88 Å². The third-order valence-electron chi connectivity index (χ3n) is 2.50. The van der Waals surface area contributed by atoms with E-state index in [1.807, 2.05) is 30.3 Å². The molecule has 0 saturated carbocycles. The summed E-state index contributed by atoms with van der Waals surface area (Å²) in [6, 6.07) is 9.80. The Balaban J connectivity index is 2.10. The Labute approximate surface area is 101 Å². The zero-order chi connectivity index (χ0) is 12.1. The van der Waals surface area contributed by atoms with Crippen LogP contribution < -0.4 is 10.1 Å². The molecule has 2 aromatic rings. The normalized spacial score (nSPS) is 11.9. The summed E-state index contributed by atoms with van der Waals surface area (Å²) in [5.74, 6) is 1.41. The number of aromatic nitrogens is 2. The van der Waals surface area contributed by atoms with Crippen LogP contribution in [-0.2, 0) is 0 Å². The summed E-state index contributed by atoms with van der Waals surface area (Å²) in [6.07, 6.45) is 3.57. The molecular weight excluding hydrogens is 214 g/mol. The van der Waals surface area contributed by atoms with Crippen LogP contribution in [0, 0.1) is 0 Å². The molecule has 88 valence electrons. The Morgan fingerprint density at radius 2 is 1.94 bits per heavy atom. The summed E-state index contributed by atoms with van der Waals surface area (Å²) < 4.78 is 5.08. The maximum Gasteiger partial charge on any atom is 0.214 e. The molecule has 2 aromatic heterocycles. The lowest BCUT2D eigenvalue weighted by Crippen LogP contribution is -2.08. The Kier molecular flexibility index (Phi) is 3.55. The van der Waals surface area contributed by atoms with Gasteiger partial charge in [0, 0.05) is 18.5 Å². The van der Waals surface area contributed by atoms with Gasteiger partial charge in [-0.15, -0.1) is 0 Å². The molecule has 0 bridgehead atoms. The lowest BCUT2D eigenvalue weighted by atomic mass is 10.1. The van der Waals surface area contributed by atoms with Gasteiger partial charge in [-0.1, -0.05) is 6.07 Å². The third-order valence-corrected chi connectivity index (χ3v) is 2.50. The second kappa shape index (κ2) is 5.30. The van der Waals surface area contributed by atoms with E-state index < -0.39 is 0 Å². The first-order valence-electron chi connectivity index (χ1n) is 5.47. The number of hydrogen-bond acceptors (Lipinski definition) is 4. The van der Waals surface area contributed by atoms with Crippen LogP contribution in [0.1, 0.15) is 18.5 Å². The molecule has 1 unspecified atom stereocenters. The second-order valence-electron chi connectivity index (χ2n) is 3.71. The molecule has 0 radical (unpaired) electrons. The quantitative estimate of drug-likeness (QED) is 0.875. The van der Waals surface area contributed by atoms with E-state index in [0.29, 0.717) is 5.88 Å². The van der Waals surface area contributed by atoms with Crippen molar-refractivity contribution < 1.29 is 4.74 Å². The zero-order valence-electron chi connectivity index (χ0n) is 9.92. The summed E-state index contributed by atoms with van der Waals surface area (Å²) in [5, 5.41) is 3.31. The molecule has 2 rings (SSSR count). The van der Waals surface area contributed by atoms with E-state index in [4.69, 9.17) is 4.74 Å². The molecule has 0 amide bonds. The lowest BCUT2D eigenvalue weighted by molar-refractivity contribution is 0.398. The van der Waals surface area contributed by atoms with Gasteiger partial charge in [-0.3, -0.25) is 4.98 Å². The lowest BCUT2D eigenvalue weighted by Gasteiger charge is -2.14. The largest absolute Gasteiger partial charge is 0.481 e. The number of methoxy groups -OCH3 is 1. The average Bonchev–Trinajstić information content (AvgIpc) is 2.40. The molecule has 0 saturated heterocycles. The molecule has 1 atom stereocenters. The van der Waals surface area contributed by atoms with Crippen LogP contribution >= 0.6 is 0 Å². The summed E-state index contributed by atoms with van der Waals surface area (Å²) in [5.41, 5.74) is 1.17. The predicted molar refractivity (Wildman–Crippen MR) is 67.1 cm³/mol. The van der Waals surface area contributed by atoms with Crippen LogP contribution in [0.15, 0.2) is 42.7 Å². The van der Waals surface area contributed by atoms with Crippen LogP contribution in [-0.4, -0.2) is 17.1 Å². The van der Waals surface area contributed by atoms with E-state index >= 15 is 0 Å². The highest BCUT2D eigenvalue weighted by molar-refractivity contribution is 5.39. The van der Waals surface area contributed by atoms with Crippen molar-refractivity contribution in [1.29, 1.82) is 0 Å². The first-order chi connectivity index (χ1) is 8.29. The highest BCUT2D eigenvalue weighted by Crippen LogP contribution is 2.18. The first-order valence-corrected chi connectivity index (χ1v) is 5.47. The van der Waals surface area contributed by atoms with Gasteiger partial charge in [0.05, 0.1) is 13.2 Å². The molecule has 0 aliphatic heterocycles. The van der Waals surface area contributed by atoms with E-state index in [2.05, 4.69) is 22.2 Å². The SMILES string of the molecule is COc1cccc(NC(C)c2ccncc2)n1. The Hall–Kier alpha value is -2.10. The van der Waals surface area contributed by atoms with Crippen LogP contribution in [0.25, 0.3) is 0 Å². The molecule has 4 heteroatoms. The summed E-state index contributed by atoms with van der Waals surface area (Å²) >= 11 is 0. The van der Waals surface area contributed by atoms with Crippen LogP contribution in [0.3, 0.4) is 0 Å². The number of nitrogens with zero attached hydrogens (tertiary/aromatic N) is 2. The van der Waals surface area contributed by atoms with Crippen molar-refractivity contribution in [3.8, 4) is 5.88 Å². The molecular formula is C13H15N3O. The van der Waals surface area contributed by atoms with Gasteiger partial charge in [-0.25, -0.2) is 0 Å². The Morgan fingerprint density at radius 1 is 1.18 bits per heavy atom. The van der Waals surface area contributed by atoms with Crippen LogP contribution in [0.4, 0.5) is 5.82 Å². The van der Waals surface area contributed by atoms with Crippen molar-refractivity contribution in [2.75, 3.05) is 12.4 Å². The highest BCUT2D eigenvalue weighted by atomic mass is 16.5. The van der Waals surface area contributed by atoms with Gasteiger partial charge in [-0.2, -0.15) is 4.98 Å². The van der Waals surface area contributed by atoms with E-state index in [9.17, 15) is 0 Å². The summed E-state index contributed by atoms with van der Waals surface area (Å²) in [6.45, 7) is 2.08. The van der Waals surface area contributed by atoms with Crippen molar-refractivity contribution in [1.82, 2.24) is 9.97 Å². The molecule has 0 aliphatic carbocycles. The van der Waals surface area contributed by atoms with E-state index in [-0.39, 0.29) is 6.04 Å². The highest BCUT2D eigenvalue weighted by Gasteiger charge is 2.05. The molecule has 0 spiro atoms. The van der Waals surface area contributed by atoms with Crippen molar-refractivity contribution >= 4 is 5.82 Å². The molecule has 4 nitrogen and oxygen atoms in total. The van der Waals surface area contributed by atoms with Gasteiger partial charge in [-0.05, 0) is 30.7 Å². The number of nitrogens with one attached hydrogen (secondary N) is 1. The zero-order valence-corrected chi connectivity index (χ0v) is 9.92. The van der Waals surface area contributed by atoms with E-state index in [1.165, 1.54) is 5.56 Å². The number of pyridine rings is 2. The molecule has 0 aromatic carbocycles. The standard InChI is InChI=1S/C13H15N3O/c1-10(11-6-8-14-9-7-11)15-12-4-3-5-13(16-12)17-2/h3-10H,1-2H3,(H,15,16). The second-order valence-corrected chi connectivity index (χ2v) is 3.71. The fraction of sp³-hybridized carbons (Fsp3) is 0.231. The summed E-state index contributed by atoms with van der Waals surface area (Å²) in [7, 11) is 1.61. The monoisotopic (exact) mass is 229 g/mol. The fourth-order valence-corrected chi connectivity index (χ4v) is 1.57. The van der Waals surface area contributed by atoms with Crippen molar-refractivity contribution in [2.45, 2.75) is 13.0 Å². The topological polar surface area (TPSA) is 47.0 Å². The molecule has 17 heavy (non-hydrogen) atoms. The van der Waals surface area contributed by atoms with Gasteiger partial charge in [0.25, 0.3) is 0 Å². The molecule has 0 fully saturated rings. The van der Waals surface area contributed by atoms with Gasteiger partial charge < -0.3 is 10.1 Å². The van der Waals surface area contributed by atoms with Gasteiger partial charge >= 0.3 is 0 Å². The number of anilines is 1. The first kappa shape index (κ1) is 11.4. The minimum Gasteiger partial charge on any atom is -0.481 e. The summed E-state index contributed by atoms with van der Waals surface area (Å²) in [4.78, 5) is 8.31. The Bertz CT molecular complexity index is 473. The Morgan fingerprint density at radius 3 is 2.65 bits per heavy atom. The van der Waals surface area contributed by atoms with Crippen molar-refractivity contribution in [3.63, 3.8) is 0 Å². The van der Waals surface area contributed by atoms with E-state index in [1.54, 1.807) is 19.5 Å². The minimum atomic E-state index is 0.178. The number of rotatable bonds is 4. The smallest absolute Gasteiger partial charge is 0.214 e.